The zero-order valence-electron chi connectivity index (χ0n) is 27.6. The van der Waals surface area contributed by atoms with E-state index in [2.05, 4.69) is 22.1 Å². The first kappa shape index (κ1) is 33.3. The number of urea groups is 1. The molecule has 5 rings (SSSR count). The molecule has 246 valence electrons. The number of carbonyl (C=O) groups is 2. The number of aromatic nitrogens is 1. The summed E-state index contributed by atoms with van der Waals surface area (Å²) in [5.74, 6) is 0.987. The summed E-state index contributed by atoms with van der Waals surface area (Å²) in [4.78, 5) is 33.7. The van der Waals surface area contributed by atoms with E-state index in [9.17, 15) is 18.0 Å². The monoisotopic (exact) mass is 649 g/mol. The zero-order valence-corrected chi connectivity index (χ0v) is 28.5. The second kappa shape index (κ2) is 13.0. The minimum absolute atomic E-state index is 0.0222. The van der Waals surface area contributed by atoms with Crippen LogP contribution in [0.3, 0.4) is 0 Å². The molecule has 2 N–H and O–H groups in total. The highest BCUT2D eigenvalue weighted by molar-refractivity contribution is 7.92. The van der Waals surface area contributed by atoms with Crippen molar-refractivity contribution in [2.75, 3.05) is 25.9 Å². The summed E-state index contributed by atoms with van der Waals surface area (Å²) in [6.07, 6.45) is 6.28. The molecule has 2 aromatic carbocycles. The van der Waals surface area contributed by atoms with Crippen LogP contribution in [0.15, 0.2) is 56.9 Å². The molecular weight excluding hydrogens is 604 g/mol. The number of aryl methyl sites for hydroxylation is 1. The van der Waals surface area contributed by atoms with E-state index in [1.165, 1.54) is 0 Å². The van der Waals surface area contributed by atoms with E-state index in [-0.39, 0.29) is 33.7 Å². The largest absolute Gasteiger partial charge is 0.416 e. The van der Waals surface area contributed by atoms with Crippen LogP contribution in [0.5, 0.6) is 0 Å². The van der Waals surface area contributed by atoms with Crippen LogP contribution < -0.4 is 10.0 Å². The van der Waals surface area contributed by atoms with Crippen LogP contribution in [0.25, 0.3) is 11.1 Å². The summed E-state index contributed by atoms with van der Waals surface area (Å²) in [7, 11) is 1.11. The van der Waals surface area contributed by atoms with Gasteiger partial charge in [-0.15, -0.1) is 0 Å². The molecule has 0 unspecified atom stereocenters. The van der Waals surface area contributed by atoms with Crippen molar-refractivity contribution in [3.63, 3.8) is 0 Å². The van der Waals surface area contributed by atoms with Crippen molar-refractivity contribution < 1.29 is 27.0 Å². The fourth-order valence-electron chi connectivity index (χ4n) is 6.43. The lowest BCUT2D eigenvalue weighted by molar-refractivity contribution is -0.823. The highest BCUT2D eigenvalue weighted by Gasteiger charge is 2.49. The number of amidine groups is 1. The summed E-state index contributed by atoms with van der Waals surface area (Å²) in [6, 6.07) is 12.4. The number of sulfonamides is 1. The van der Waals surface area contributed by atoms with E-state index in [0.717, 1.165) is 61.9 Å². The smallest absolute Gasteiger partial charge is 0.337 e. The molecule has 2 aliphatic rings. The SMILES string of the molecule is CCCCC1=NC2(CCCC2)C(=O)N1Cc1ccc(-c2ccccc2S(=O)(=O)Nc2onc(C)c2C)c(C[N+](C)(C)C(=O)NC)c1. The molecule has 3 amide bonds. The van der Waals surface area contributed by atoms with E-state index in [4.69, 9.17) is 9.52 Å². The Morgan fingerprint density at radius 2 is 1.80 bits per heavy atom. The van der Waals surface area contributed by atoms with Crippen LogP contribution in [-0.2, 0) is 27.9 Å². The maximum absolute atomic E-state index is 13.8. The highest BCUT2D eigenvalue weighted by atomic mass is 32.2. The predicted octanol–water partition coefficient (Wildman–Crippen LogP) is 5.92. The number of nitrogens with one attached hydrogen (secondary N) is 2. The van der Waals surface area contributed by atoms with Gasteiger partial charge < -0.3 is 9.84 Å². The van der Waals surface area contributed by atoms with E-state index in [1.54, 1.807) is 59.3 Å². The minimum atomic E-state index is -4.08. The maximum atomic E-state index is 13.8. The molecule has 11 nitrogen and oxygen atoms in total. The fourth-order valence-corrected chi connectivity index (χ4v) is 7.70. The zero-order chi connectivity index (χ0) is 33.3. The molecule has 46 heavy (non-hydrogen) atoms. The number of aliphatic imine (C=N–C) groups is 1. The average molecular weight is 650 g/mol. The molecule has 12 heteroatoms. The number of hydrogen-bond donors (Lipinski definition) is 2. The molecular formula is C34H45N6O5S+. The Hall–Kier alpha value is -4.03. The van der Waals surface area contributed by atoms with Gasteiger partial charge in [0.05, 0.1) is 31.2 Å². The second-order valence-electron chi connectivity index (χ2n) is 13.0. The average Bonchev–Trinajstić information content (AvgIpc) is 3.70. The highest BCUT2D eigenvalue weighted by Crippen LogP contribution is 2.40. The number of unbranched alkanes of at least 4 members (excludes halogenated alkanes) is 1. The Balaban J connectivity index is 1.56. The molecule has 0 saturated heterocycles. The third kappa shape index (κ3) is 6.46. The van der Waals surface area contributed by atoms with Crippen LogP contribution in [0.1, 0.15) is 74.3 Å². The molecule has 1 saturated carbocycles. The number of hydrogen-bond acceptors (Lipinski definition) is 7. The Labute approximate surface area is 271 Å². The van der Waals surface area contributed by atoms with Gasteiger partial charge in [-0.1, -0.05) is 61.7 Å². The summed E-state index contributed by atoms with van der Waals surface area (Å²) < 4.78 is 35.3. The number of quaternary nitrogens is 1. The van der Waals surface area contributed by atoms with Gasteiger partial charge in [-0.2, -0.15) is 0 Å². The van der Waals surface area contributed by atoms with E-state index < -0.39 is 15.6 Å². The number of nitrogens with zero attached hydrogens (tertiary/aromatic N) is 4. The standard InChI is InChI=1S/C34H44N6O5S/c1-7-8-15-30-36-34(18-11-12-19-34)32(41)39(30)21-25-16-17-27(26(20-25)22-40(5,6)33(42)35-4)28-13-9-10-14-29(28)46(43,44)38-31-23(2)24(3)37-45-31/h9-10,13-14,16-17,20H,7-8,11-12,15,18-19,21-22H2,1-6H3,(H-,35,37,38,42)/p+1. The van der Waals surface area contributed by atoms with Crippen molar-refractivity contribution in [1.82, 2.24) is 15.4 Å². The van der Waals surface area contributed by atoms with Gasteiger partial charge in [0.2, 0.25) is 5.88 Å². The van der Waals surface area contributed by atoms with Crippen molar-refractivity contribution >= 4 is 33.7 Å². The number of rotatable bonds is 11. The van der Waals surface area contributed by atoms with Gasteiger partial charge in [0.15, 0.2) is 0 Å². The second-order valence-corrected chi connectivity index (χ2v) is 14.6. The Kier molecular flexibility index (Phi) is 9.42. The van der Waals surface area contributed by atoms with Crippen LogP contribution in [0.4, 0.5) is 10.7 Å². The first-order valence-corrected chi connectivity index (χ1v) is 17.4. The quantitative estimate of drug-likeness (QED) is 0.248. The van der Waals surface area contributed by atoms with Crippen LogP contribution in [0, 0.1) is 13.8 Å². The summed E-state index contributed by atoms with van der Waals surface area (Å²) in [6.45, 7) is 6.25. The molecule has 0 bridgehead atoms. The number of anilines is 1. The molecule has 1 aliphatic heterocycles. The maximum Gasteiger partial charge on any atom is 0.416 e. The Morgan fingerprint density at radius 3 is 2.46 bits per heavy atom. The third-order valence-electron chi connectivity index (χ3n) is 9.17. The first-order chi connectivity index (χ1) is 21.8. The summed E-state index contributed by atoms with van der Waals surface area (Å²) >= 11 is 0. The van der Waals surface area contributed by atoms with Crippen molar-refractivity contribution in [2.24, 2.45) is 4.99 Å². The Bertz CT molecular complexity index is 1770. The van der Waals surface area contributed by atoms with Crippen molar-refractivity contribution in [1.29, 1.82) is 0 Å². The van der Waals surface area contributed by atoms with E-state index in [0.29, 0.717) is 28.9 Å². The van der Waals surface area contributed by atoms with E-state index >= 15 is 0 Å². The summed E-state index contributed by atoms with van der Waals surface area (Å²) in [5, 5.41) is 6.61. The first-order valence-electron chi connectivity index (χ1n) is 15.9. The van der Waals surface area contributed by atoms with Crippen molar-refractivity contribution in [3.8, 4) is 11.1 Å². The Morgan fingerprint density at radius 1 is 1.09 bits per heavy atom. The fraction of sp³-hybridized carbons (Fsp3) is 0.471. The number of carbonyl (C=O) groups excluding carboxylic acids is 2. The van der Waals surface area contributed by atoms with Gasteiger partial charge in [0.1, 0.15) is 17.9 Å². The minimum Gasteiger partial charge on any atom is -0.337 e. The van der Waals surface area contributed by atoms with Gasteiger partial charge >= 0.3 is 6.03 Å². The van der Waals surface area contributed by atoms with Gasteiger partial charge in [0, 0.05) is 30.2 Å². The summed E-state index contributed by atoms with van der Waals surface area (Å²) in [5.41, 5.74) is 3.37. The normalized spacial score (nSPS) is 16.3. The molecule has 2 heterocycles. The van der Waals surface area contributed by atoms with Gasteiger partial charge in [-0.25, -0.2) is 22.4 Å². The molecule has 3 aromatic rings. The third-order valence-corrected chi connectivity index (χ3v) is 10.6. The van der Waals surface area contributed by atoms with Crippen LogP contribution in [-0.4, -0.2) is 67.4 Å². The van der Waals surface area contributed by atoms with Gasteiger partial charge in [-0.05, 0) is 56.4 Å². The number of amides is 3. The molecule has 1 aromatic heterocycles. The lowest BCUT2D eigenvalue weighted by Crippen LogP contribution is -2.49. The lowest BCUT2D eigenvalue weighted by Gasteiger charge is -2.28. The van der Waals surface area contributed by atoms with Crippen LogP contribution >= 0.6 is 0 Å². The topological polar surface area (TPSA) is 134 Å². The predicted molar refractivity (Wildman–Crippen MR) is 178 cm³/mol. The van der Waals surface area contributed by atoms with Crippen LogP contribution in [0.2, 0.25) is 0 Å². The molecule has 0 atom stereocenters. The molecule has 1 fully saturated rings. The van der Waals surface area contributed by atoms with Gasteiger partial charge in [-0.3, -0.25) is 14.7 Å². The van der Waals surface area contributed by atoms with Crippen molar-refractivity contribution in [3.05, 3.63) is 64.8 Å². The van der Waals surface area contributed by atoms with E-state index in [1.807, 2.05) is 23.1 Å². The molecule has 1 spiro atoms. The van der Waals surface area contributed by atoms with Gasteiger partial charge in [0.25, 0.3) is 15.9 Å². The molecule has 1 aliphatic carbocycles. The number of benzene rings is 2. The lowest BCUT2D eigenvalue weighted by atomic mass is 9.95. The van der Waals surface area contributed by atoms with Crippen molar-refractivity contribution in [2.45, 2.75) is 89.2 Å². The molecule has 0 radical (unpaired) electrons.